The predicted octanol–water partition coefficient (Wildman–Crippen LogP) is 2.61. The molecule has 0 bridgehead atoms. The minimum atomic E-state index is -0.217. The number of piperazine rings is 1. The Labute approximate surface area is 120 Å². The van der Waals surface area contributed by atoms with Gasteiger partial charge >= 0.3 is 0 Å². The van der Waals surface area contributed by atoms with Gasteiger partial charge in [0, 0.05) is 37.8 Å². The molecular formula is C14H22ClFN2O. The highest BCUT2D eigenvalue weighted by atomic mass is 35.5. The fourth-order valence-corrected chi connectivity index (χ4v) is 2.61. The number of hydrogen-bond donors (Lipinski definition) is 1. The van der Waals surface area contributed by atoms with Crippen molar-refractivity contribution in [2.24, 2.45) is 0 Å². The van der Waals surface area contributed by atoms with Crippen LogP contribution in [0, 0.1) is 5.82 Å². The molecule has 5 heteroatoms. The van der Waals surface area contributed by atoms with Crippen LogP contribution in [0.25, 0.3) is 0 Å². The van der Waals surface area contributed by atoms with E-state index in [-0.39, 0.29) is 24.3 Å². The Morgan fingerprint density at radius 1 is 1.37 bits per heavy atom. The topological polar surface area (TPSA) is 24.5 Å². The van der Waals surface area contributed by atoms with Crippen molar-refractivity contribution in [2.45, 2.75) is 19.4 Å². The van der Waals surface area contributed by atoms with E-state index in [1.165, 1.54) is 7.11 Å². The maximum absolute atomic E-state index is 14.3. The first-order valence-corrected chi connectivity index (χ1v) is 6.55. The van der Waals surface area contributed by atoms with Crippen molar-refractivity contribution in [2.75, 3.05) is 33.3 Å². The Bertz CT molecular complexity index is 397. The third-order valence-corrected chi connectivity index (χ3v) is 3.55. The van der Waals surface area contributed by atoms with Crippen molar-refractivity contribution in [1.29, 1.82) is 0 Å². The second kappa shape index (κ2) is 7.68. The number of hydrogen-bond acceptors (Lipinski definition) is 3. The van der Waals surface area contributed by atoms with Crippen LogP contribution in [-0.2, 0) is 0 Å². The lowest BCUT2D eigenvalue weighted by molar-refractivity contribution is 0.165. The van der Waals surface area contributed by atoms with Gasteiger partial charge in [0.2, 0.25) is 0 Å². The average Bonchev–Trinajstić information content (AvgIpc) is 2.43. The summed E-state index contributed by atoms with van der Waals surface area (Å²) in [6.45, 7) is 5.99. The van der Waals surface area contributed by atoms with Gasteiger partial charge in [0.1, 0.15) is 0 Å². The predicted molar refractivity (Wildman–Crippen MR) is 77.7 cm³/mol. The lowest BCUT2D eigenvalue weighted by Gasteiger charge is -2.35. The molecule has 0 saturated carbocycles. The van der Waals surface area contributed by atoms with Crippen molar-refractivity contribution >= 4 is 12.4 Å². The molecule has 2 rings (SSSR count). The van der Waals surface area contributed by atoms with Crippen molar-refractivity contribution in [3.05, 3.63) is 29.6 Å². The van der Waals surface area contributed by atoms with Crippen LogP contribution in [0.15, 0.2) is 18.2 Å². The normalized spacial score (nSPS) is 17.6. The van der Waals surface area contributed by atoms with E-state index < -0.39 is 0 Å². The number of methoxy groups -OCH3 is 1. The van der Waals surface area contributed by atoms with Crippen LogP contribution in [0.4, 0.5) is 4.39 Å². The quantitative estimate of drug-likeness (QED) is 0.922. The van der Waals surface area contributed by atoms with Crippen molar-refractivity contribution < 1.29 is 9.13 Å². The fourth-order valence-electron chi connectivity index (χ4n) is 2.61. The molecule has 1 N–H and O–H groups in total. The zero-order valence-corrected chi connectivity index (χ0v) is 12.3. The molecule has 1 aromatic rings. The van der Waals surface area contributed by atoms with Crippen LogP contribution in [0.2, 0.25) is 0 Å². The number of ether oxygens (including phenoxy) is 1. The monoisotopic (exact) mass is 288 g/mol. The molecule has 1 heterocycles. The molecule has 0 unspecified atom stereocenters. The largest absolute Gasteiger partial charge is 0.494 e. The molecule has 19 heavy (non-hydrogen) atoms. The van der Waals surface area contributed by atoms with Gasteiger partial charge in [0.25, 0.3) is 0 Å². The summed E-state index contributed by atoms with van der Waals surface area (Å²) in [5.74, 6) is 0.117. The molecule has 108 valence electrons. The molecular weight excluding hydrogens is 267 g/mol. The Balaban J connectivity index is 0.00000180. The van der Waals surface area contributed by atoms with Gasteiger partial charge in [-0.3, -0.25) is 4.90 Å². The number of nitrogens with zero attached hydrogens (tertiary/aromatic N) is 1. The summed E-state index contributed by atoms with van der Waals surface area (Å²) in [5.41, 5.74) is 0.749. The first-order valence-electron chi connectivity index (χ1n) is 6.55. The van der Waals surface area contributed by atoms with Crippen LogP contribution < -0.4 is 10.1 Å². The van der Waals surface area contributed by atoms with Gasteiger partial charge in [-0.15, -0.1) is 12.4 Å². The molecule has 3 nitrogen and oxygen atoms in total. The van der Waals surface area contributed by atoms with Crippen LogP contribution in [-0.4, -0.2) is 38.2 Å². The van der Waals surface area contributed by atoms with Gasteiger partial charge in [0.15, 0.2) is 11.6 Å². The van der Waals surface area contributed by atoms with E-state index in [4.69, 9.17) is 4.74 Å². The number of benzene rings is 1. The minimum Gasteiger partial charge on any atom is -0.494 e. The number of halogens is 2. The van der Waals surface area contributed by atoms with E-state index >= 15 is 0 Å². The SMILES string of the molecule is CC[C@@H](c1cccc(OC)c1F)N1CCNCC1.Cl. The molecule has 1 aromatic carbocycles. The lowest BCUT2D eigenvalue weighted by atomic mass is 10.0. The molecule has 0 aliphatic carbocycles. The van der Waals surface area contributed by atoms with Crippen molar-refractivity contribution in [1.82, 2.24) is 10.2 Å². The van der Waals surface area contributed by atoms with Gasteiger partial charge in [0.05, 0.1) is 7.11 Å². The molecule has 0 spiro atoms. The Morgan fingerprint density at radius 3 is 2.63 bits per heavy atom. The van der Waals surface area contributed by atoms with E-state index in [0.717, 1.165) is 38.2 Å². The molecule has 1 atom stereocenters. The molecule has 1 aliphatic heterocycles. The summed E-state index contributed by atoms with van der Waals surface area (Å²) < 4.78 is 19.4. The Morgan fingerprint density at radius 2 is 2.05 bits per heavy atom. The zero-order valence-electron chi connectivity index (χ0n) is 11.5. The molecule has 0 radical (unpaired) electrons. The van der Waals surface area contributed by atoms with E-state index in [9.17, 15) is 4.39 Å². The number of nitrogens with one attached hydrogen (secondary N) is 1. The Hall–Kier alpha value is -0.840. The summed E-state index contributed by atoms with van der Waals surface area (Å²) >= 11 is 0. The van der Waals surface area contributed by atoms with E-state index in [1.807, 2.05) is 12.1 Å². The van der Waals surface area contributed by atoms with Crippen molar-refractivity contribution in [3.63, 3.8) is 0 Å². The van der Waals surface area contributed by atoms with Crippen LogP contribution in [0.1, 0.15) is 24.9 Å². The van der Waals surface area contributed by atoms with E-state index in [1.54, 1.807) is 6.07 Å². The molecule has 1 aliphatic rings. The summed E-state index contributed by atoms with van der Waals surface area (Å²) in [5, 5.41) is 3.32. The highest BCUT2D eigenvalue weighted by molar-refractivity contribution is 5.85. The van der Waals surface area contributed by atoms with Gasteiger partial charge in [-0.2, -0.15) is 0 Å². The first kappa shape index (κ1) is 16.2. The molecule has 0 aromatic heterocycles. The van der Waals surface area contributed by atoms with Gasteiger partial charge < -0.3 is 10.1 Å². The van der Waals surface area contributed by atoms with E-state index in [2.05, 4.69) is 17.1 Å². The van der Waals surface area contributed by atoms with Gasteiger partial charge in [-0.1, -0.05) is 19.1 Å². The number of rotatable bonds is 4. The average molecular weight is 289 g/mol. The summed E-state index contributed by atoms with van der Waals surface area (Å²) in [4.78, 5) is 2.34. The highest BCUT2D eigenvalue weighted by Gasteiger charge is 2.24. The standard InChI is InChI=1S/C14H21FN2O.ClH/c1-3-12(17-9-7-16-8-10-17)11-5-4-6-13(18-2)14(11)15;/h4-6,12,16H,3,7-10H2,1-2H3;1H/t12-;/m0./s1. The summed E-state index contributed by atoms with van der Waals surface area (Å²) in [7, 11) is 1.51. The molecule has 1 saturated heterocycles. The summed E-state index contributed by atoms with van der Waals surface area (Å²) in [6, 6.07) is 5.54. The minimum absolute atomic E-state index is 0. The smallest absolute Gasteiger partial charge is 0.169 e. The lowest BCUT2D eigenvalue weighted by Crippen LogP contribution is -2.45. The fraction of sp³-hybridized carbons (Fsp3) is 0.571. The maximum atomic E-state index is 14.3. The molecule has 1 fully saturated rings. The van der Waals surface area contributed by atoms with Gasteiger partial charge in [-0.25, -0.2) is 4.39 Å². The van der Waals surface area contributed by atoms with Crippen molar-refractivity contribution in [3.8, 4) is 5.75 Å². The maximum Gasteiger partial charge on any atom is 0.169 e. The van der Waals surface area contributed by atoms with Crippen LogP contribution >= 0.6 is 12.4 Å². The third-order valence-electron chi connectivity index (χ3n) is 3.55. The molecule has 0 amide bonds. The van der Waals surface area contributed by atoms with Gasteiger partial charge in [-0.05, 0) is 12.5 Å². The third kappa shape index (κ3) is 3.59. The first-order chi connectivity index (χ1) is 8.77. The van der Waals surface area contributed by atoms with E-state index in [0.29, 0.717) is 5.75 Å². The summed E-state index contributed by atoms with van der Waals surface area (Å²) in [6.07, 6.45) is 0.907. The highest BCUT2D eigenvalue weighted by Crippen LogP contribution is 2.30. The second-order valence-corrected chi connectivity index (χ2v) is 4.57. The van der Waals surface area contributed by atoms with Crippen LogP contribution in [0.5, 0.6) is 5.75 Å². The Kier molecular flexibility index (Phi) is 6.55. The second-order valence-electron chi connectivity index (χ2n) is 4.57. The van der Waals surface area contributed by atoms with Crippen LogP contribution in [0.3, 0.4) is 0 Å². The zero-order chi connectivity index (χ0) is 13.0.